The Hall–Kier alpha value is -2.24. The number of furan rings is 1. The van der Waals surface area contributed by atoms with Gasteiger partial charge in [-0.25, -0.2) is 0 Å². The van der Waals surface area contributed by atoms with Gasteiger partial charge in [0.2, 0.25) is 11.8 Å². The minimum Gasteiger partial charge on any atom is -0.465 e. The largest absolute Gasteiger partial charge is 0.465 e. The zero-order valence-electron chi connectivity index (χ0n) is 13.7. The minimum atomic E-state index is -0.287. The van der Waals surface area contributed by atoms with Crippen molar-refractivity contribution < 1.29 is 14.0 Å². The van der Waals surface area contributed by atoms with Gasteiger partial charge in [-0.3, -0.25) is 9.59 Å². The minimum absolute atomic E-state index is 0.105. The standard InChI is InChI=1S/C18H18Cl2N2O3/c1-22(12-13-4-2-6-15(19)18(13)20)17(24)9-10-21-16(23)8-7-14-5-3-11-25-14/h2-8,11H,9-10,12H2,1H3,(H,21,23). The smallest absolute Gasteiger partial charge is 0.244 e. The van der Waals surface area contributed by atoms with Crippen molar-refractivity contribution in [3.8, 4) is 0 Å². The molecule has 2 rings (SSSR count). The number of rotatable bonds is 7. The fourth-order valence-electron chi connectivity index (χ4n) is 2.10. The van der Waals surface area contributed by atoms with Crippen LogP contribution < -0.4 is 5.32 Å². The molecule has 0 atom stereocenters. The molecule has 1 heterocycles. The van der Waals surface area contributed by atoms with Gasteiger partial charge < -0.3 is 14.6 Å². The zero-order valence-corrected chi connectivity index (χ0v) is 15.2. The van der Waals surface area contributed by atoms with Crippen molar-refractivity contribution in [2.75, 3.05) is 13.6 Å². The molecule has 0 radical (unpaired) electrons. The first kappa shape index (κ1) is 19.1. The van der Waals surface area contributed by atoms with Crippen LogP contribution in [-0.2, 0) is 16.1 Å². The zero-order chi connectivity index (χ0) is 18.2. The second kappa shape index (κ2) is 9.30. The maximum absolute atomic E-state index is 12.1. The summed E-state index contributed by atoms with van der Waals surface area (Å²) in [5, 5.41) is 3.55. The molecule has 1 aromatic heterocycles. The van der Waals surface area contributed by atoms with Crippen LogP contribution in [0.4, 0.5) is 0 Å². The first-order chi connectivity index (χ1) is 12.0. The van der Waals surface area contributed by atoms with Gasteiger partial charge in [-0.2, -0.15) is 0 Å². The van der Waals surface area contributed by atoms with E-state index in [2.05, 4.69) is 5.32 Å². The van der Waals surface area contributed by atoms with E-state index in [0.29, 0.717) is 22.4 Å². The Morgan fingerprint density at radius 1 is 1.24 bits per heavy atom. The first-order valence-corrected chi connectivity index (χ1v) is 8.39. The van der Waals surface area contributed by atoms with Crippen LogP contribution in [0, 0.1) is 0 Å². The van der Waals surface area contributed by atoms with E-state index in [1.807, 2.05) is 6.07 Å². The topological polar surface area (TPSA) is 62.6 Å². The molecule has 0 saturated carbocycles. The van der Waals surface area contributed by atoms with Crippen LogP contribution in [0.5, 0.6) is 0 Å². The lowest BCUT2D eigenvalue weighted by atomic mass is 10.2. The van der Waals surface area contributed by atoms with Gasteiger partial charge >= 0.3 is 0 Å². The number of halogens is 2. The lowest BCUT2D eigenvalue weighted by Gasteiger charge is -2.18. The summed E-state index contributed by atoms with van der Waals surface area (Å²) in [7, 11) is 1.68. The molecular formula is C18H18Cl2N2O3. The molecule has 7 heteroatoms. The molecule has 0 unspecified atom stereocenters. The molecule has 0 saturated heterocycles. The van der Waals surface area contributed by atoms with Gasteiger partial charge in [0.1, 0.15) is 5.76 Å². The van der Waals surface area contributed by atoms with Gasteiger partial charge in [0.15, 0.2) is 0 Å². The summed E-state index contributed by atoms with van der Waals surface area (Å²) >= 11 is 12.1. The predicted octanol–water partition coefficient (Wildman–Crippen LogP) is 3.76. The van der Waals surface area contributed by atoms with Crippen molar-refractivity contribution in [1.29, 1.82) is 0 Å². The maximum atomic E-state index is 12.1. The molecule has 0 aliphatic carbocycles. The molecule has 5 nitrogen and oxygen atoms in total. The third-order valence-corrected chi connectivity index (χ3v) is 4.30. The van der Waals surface area contributed by atoms with Gasteiger partial charge in [-0.05, 0) is 29.8 Å². The Morgan fingerprint density at radius 3 is 2.76 bits per heavy atom. The summed E-state index contributed by atoms with van der Waals surface area (Å²) in [5.74, 6) is 0.195. The number of amides is 2. The Morgan fingerprint density at radius 2 is 2.04 bits per heavy atom. The van der Waals surface area contributed by atoms with E-state index in [9.17, 15) is 9.59 Å². The molecule has 2 amide bonds. The summed E-state index contributed by atoms with van der Waals surface area (Å²) in [5.41, 5.74) is 0.774. The van der Waals surface area contributed by atoms with Crippen molar-refractivity contribution in [3.63, 3.8) is 0 Å². The fraction of sp³-hybridized carbons (Fsp3) is 0.222. The number of carbonyl (C=O) groups is 2. The molecule has 0 aliphatic heterocycles. The van der Waals surface area contributed by atoms with Crippen LogP contribution >= 0.6 is 23.2 Å². The van der Waals surface area contributed by atoms with Gasteiger partial charge in [0.05, 0.1) is 16.3 Å². The van der Waals surface area contributed by atoms with Gasteiger partial charge in [0, 0.05) is 32.6 Å². The highest BCUT2D eigenvalue weighted by Crippen LogP contribution is 2.26. The highest BCUT2D eigenvalue weighted by atomic mass is 35.5. The predicted molar refractivity (Wildman–Crippen MR) is 98.3 cm³/mol. The summed E-state index contributed by atoms with van der Waals surface area (Å²) in [6.07, 6.45) is 4.64. The average molecular weight is 381 g/mol. The third-order valence-electron chi connectivity index (χ3n) is 3.45. The lowest BCUT2D eigenvalue weighted by molar-refractivity contribution is -0.130. The fourth-order valence-corrected chi connectivity index (χ4v) is 2.48. The van der Waals surface area contributed by atoms with E-state index >= 15 is 0 Å². The number of carbonyl (C=O) groups excluding carboxylic acids is 2. The van der Waals surface area contributed by atoms with Crippen molar-refractivity contribution in [1.82, 2.24) is 10.2 Å². The number of hydrogen-bond donors (Lipinski definition) is 1. The average Bonchev–Trinajstić information content (AvgIpc) is 3.10. The second-order valence-electron chi connectivity index (χ2n) is 5.35. The third kappa shape index (κ3) is 5.96. The summed E-state index contributed by atoms with van der Waals surface area (Å²) in [6, 6.07) is 8.77. The SMILES string of the molecule is CN(Cc1cccc(Cl)c1Cl)C(=O)CCNC(=O)C=Cc1ccco1. The van der Waals surface area contributed by atoms with Crippen LogP contribution in [0.15, 0.2) is 47.1 Å². The maximum Gasteiger partial charge on any atom is 0.244 e. The quantitative estimate of drug-likeness (QED) is 0.743. The summed E-state index contributed by atoms with van der Waals surface area (Å²) < 4.78 is 5.08. The van der Waals surface area contributed by atoms with Crippen molar-refractivity contribution >= 4 is 41.1 Å². The normalized spacial score (nSPS) is 10.8. The van der Waals surface area contributed by atoms with Gasteiger partial charge in [-0.1, -0.05) is 35.3 Å². The van der Waals surface area contributed by atoms with Crippen LogP contribution in [0.3, 0.4) is 0 Å². The highest BCUT2D eigenvalue weighted by molar-refractivity contribution is 6.42. The first-order valence-electron chi connectivity index (χ1n) is 7.63. The highest BCUT2D eigenvalue weighted by Gasteiger charge is 2.12. The lowest BCUT2D eigenvalue weighted by Crippen LogP contribution is -2.31. The van der Waals surface area contributed by atoms with E-state index < -0.39 is 0 Å². The molecule has 0 bridgehead atoms. The number of hydrogen-bond acceptors (Lipinski definition) is 3. The van der Waals surface area contributed by atoms with Gasteiger partial charge in [-0.15, -0.1) is 0 Å². The molecule has 0 aliphatic rings. The van der Waals surface area contributed by atoms with E-state index in [1.54, 1.807) is 42.3 Å². The Labute approximate surface area is 156 Å². The van der Waals surface area contributed by atoms with Crippen LogP contribution in [0.1, 0.15) is 17.7 Å². The van der Waals surface area contributed by atoms with Crippen molar-refractivity contribution in [2.45, 2.75) is 13.0 Å². The number of nitrogens with zero attached hydrogens (tertiary/aromatic N) is 1. The van der Waals surface area contributed by atoms with E-state index in [-0.39, 0.29) is 24.8 Å². The molecule has 25 heavy (non-hydrogen) atoms. The number of nitrogens with one attached hydrogen (secondary N) is 1. The summed E-state index contributed by atoms with van der Waals surface area (Å²) in [4.78, 5) is 25.3. The Kier molecular flexibility index (Phi) is 7.10. The van der Waals surface area contributed by atoms with E-state index in [1.165, 1.54) is 12.3 Å². The molecule has 2 aromatic rings. The molecule has 1 N–H and O–H groups in total. The molecule has 0 spiro atoms. The Balaban J connectivity index is 1.75. The molecule has 0 fully saturated rings. The van der Waals surface area contributed by atoms with E-state index in [0.717, 1.165) is 5.56 Å². The monoisotopic (exact) mass is 380 g/mol. The Bertz CT molecular complexity index is 758. The summed E-state index contributed by atoms with van der Waals surface area (Å²) in [6.45, 7) is 0.596. The number of benzene rings is 1. The molecule has 132 valence electrons. The molecule has 1 aromatic carbocycles. The van der Waals surface area contributed by atoms with Crippen LogP contribution in [0.25, 0.3) is 6.08 Å². The van der Waals surface area contributed by atoms with E-state index in [4.69, 9.17) is 27.6 Å². The van der Waals surface area contributed by atoms with Crippen LogP contribution in [-0.4, -0.2) is 30.3 Å². The molecular weight excluding hydrogens is 363 g/mol. The van der Waals surface area contributed by atoms with Crippen molar-refractivity contribution in [3.05, 3.63) is 64.0 Å². The van der Waals surface area contributed by atoms with Crippen LogP contribution in [0.2, 0.25) is 10.0 Å². The second-order valence-corrected chi connectivity index (χ2v) is 6.14. The van der Waals surface area contributed by atoms with Gasteiger partial charge in [0.25, 0.3) is 0 Å². The van der Waals surface area contributed by atoms with Crippen molar-refractivity contribution in [2.24, 2.45) is 0 Å².